The quantitative estimate of drug-likeness (QED) is 0.0293. The maximum absolute atomic E-state index is 14.0. The lowest BCUT2D eigenvalue weighted by molar-refractivity contribution is -0.135. The summed E-state index contributed by atoms with van der Waals surface area (Å²) in [6.45, 7) is 7.82. The number of nitrogens with two attached hydrogens (primary N) is 2. The molecule has 2 aromatic rings. The molecule has 1 aromatic heterocycles. The van der Waals surface area contributed by atoms with E-state index in [1.54, 1.807) is 20.0 Å². The van der Waals surface area contributed by atoms with Gasteiger partial charge in [0.25, 0.3) is 0 Å². The number of nitrogens with one attached hydrogen (secondary N) is 10. The van der Waals surface area contributed by atoms with Crippen LogP contribution >= 0.6 is 0 Å². The van der Waals surface area contributed by atoms with Crippen LogP contribution in [0.5, 0.6) is 0 Å². The van der Waals surface area contributed by atoms with Gasteiger partial charge in [0, 0.05) is 38.7 Å². The van der Waals surface area contributed by atoms with E-state index in [1.165, 1.54) is 13.4 Å². The summed E-state index contributed by atoms with van der Waals surface area (Å²) in [5, 5.41) is 29.5. The van der Waals surface area contributed by atoms with Crippen molar-refractivity contribution in [3.63, 3.8) is 0 Å². The number of hydrogen-bond donors (Lipinski definition) is 12. The Kier molecular flexibility index (Phi) is 21.3. The van der Waals surface area contributed by atoms with Crippen LogP contribution < -0.4 is 54.0 Å². The summed E-state index contributed by atoms with van der Waals surface area (Å²) in [6, 6.07) is 3.76. The van der Waals surface area contributed by atoms with Gasteiger partial charge in [0.15, 0.2) is 5.96 Å². The third-order valence-corrected chi connectivity index (χ3v) is 8.90. The van der Waals surface area contributed by atoms with Gasteiger partial charge < -0.3 is 59.0 Å². The summed E-state index contributed by atoms with van der Waals surface area (Å²) in [5.74, 6) is -4.15. The van der Waals surface area contributed by atoms with Gasteiger partial charge in [-0.2, -0.15) is 0 Å². The fourth-order valence-electron chi connectivity index (χ4n) is 5.75. The Hall–Kier alpha value is -5.56. The summed E-state index contributed by atoms with van der Waals surface area (Å²) in [5.41, 5.74) is 12.4. The molecule has 19 nitrogen and oxygen atoms in total. The zero-order chi connectivity index (χ0) is 42.3. The highest BCUT2D eigenvalue weighted by Crippen LogP contribution is 2.10. The van der Waals surface area contributed by atoms with Crippen molar-refractivity contribution in [1.29, 1.82) is 5.41 Å². The normalized spacial score (nSPS) is 13.7. The van der Waals surface area contributed by atoms with Crippen molar-refractivity contribution in [2.24, 2.45) is 17.4 Å². The smallest absolute Gasteiger partial charge is 0.243 e. The second kappa shape index (κ2) is 25.6. The third-order valence-electron chi connectivity index (χ3n) is 8.90. The molecule has 2 rings (SSSR count). The third kappa shape index (κ3) is 18.3. The number of carbonyl (C=O) groups is 6. The molecule has 0 fully saturated rings. The monoisotopic (exact) mass is 798 g/mol. The molecule has 1 heterocycles. The van der Waals surface area contributed by atoms with E-state index in [9.17, 15) is 28.8 Å². The summed E-state index contributed by atoms with van der Waals surface area (Å²) in [4.78, 5) is 88.1. The minimum atomic E-state index is -1.20. The first kappa shape index (κ1) is 47.6. The Morgan fingerprint density at radius 2 is 1.35 bits per heavy atom. The van der Waals surface area contributed by atoms with Crippen LogP contribution in [-0.4, -0.2) is 114 Å². The Morgan fingerprint density at radius 3 is 1.95 bits per heavy atom. The Bertz CT molecular complexity index is 1570. The van der Waals surface area contributed by atoms with Crippen LogP contribution in [0, 0.1) is 11.3 Å². The van der Waals surface area contributed by atoms with Crippen molar-refractivity contribution < 1.29 is 28.8 Å². The fraction of sp³-hybridized carbons (Fsp3) is 0.579. The number of guanidine groups is 1. The molecule has 57 heavy (non-hydrogen) atoms. The molecule has 6 amide bonds. The highest BCUT2D eigenvalue weighted by atomic mass is 16.2. The molecule has 0 saturated heterocycles. The number of unbranched alkanes of at least 4 members (excludes halogenated alkanes) is 1. The van der Waals surface area contributed by atoms with Gasteiger partial charge in [0.2, 0.25) is 35.4 Å². The van der Waals surface area contributed by atoms with Gasteiger partial charge >= 0.3 is 0 Å². The van der Waals surface area contributed by atoms with Crippen molar-refractivity contribution in [2.75, 3.05) is 26.7 Å². The average molecular weight is 798 g/mol. The highest BCUT2D eigenvalue weighted by Gasteiger charge is 2.34. The molecule has 316 valence electrons. The molecule has 0 aliphatic heterocycles. The first-order valence-corrected chi connectivity index (χ1v) is 19.4. The van der Waals surface area contributed by atoms with Crippen molar-refractivity contribution in [3.8, 4) is 0 Å². The maximum Gasteiger partial charge on any atom is 0.243 e. The lowest BCUT2D eigenvalue weighted by Gasteiger charge is -2.28. The lowest BCUT2D eigenvalue weighted by atomic mass is 10.00. The predicted octanol–water partition coefficient (Wildman–Crippen LogP) is -1.59. The number of H-pyrrole nitrogens is 1. The number of hydrogen-bond acceptors (Lipinski definition) is 10. The maximum atomic E-state index is 14.0. The minimum absolute atomic E-state index is 0.0111. The van der Waals surface area contributed by atoms with Crippen LogP contribution in [0.15, 0.2) is 42.9 Å². The standard InChI is InChI=1S/C38H63N13O6/c1-23(2)32(37(57)50-30(19-26-20-43-22-46-26)36(56)49-29(33(53)42-5)18-25-12-7-6-8-13-25)51-35(55)28(15-11-17-44-38(40)41)48-34(54)27(14-9-10-16-39)47-31(52)21-45-24(3)4/h6-8,12-13,20,22-24,27-30,32,45H,9-11,14-19,21,39H2,1-5H3,(H,42,53)(H,43,46)(H,47,52)(H,48,54)(H,49,56)(H,50,57)(H,51,55)(H4,40,41,44)/t27-,28-,29-,30-,32-/m0/s1. The molecule has 19 heteroatoms. The number of amides is 6. The average Bonchev–Trinajstić information content (AvgIpc) is 3.69. The van der Waals surface area contributed by atoms with E-state index in [4.69, 9.17) is 16.9 Å². The van der Waals surface area contributed by atoms with Gasteiger partial charge in [0.1, 0.15) is 30.2 Å². The second-order valence-electron chi connectivity index (χ2n) is 14.4. The fourth-order valence-corrected chi connectivity index (χ4v) is 5.75. The number of aromatic amines is 1. The molecule has 0 unspecified atom stereocenters. The molecule has 5 atom stereocenters. The molecule has 0 radical (unpaired) electrons. The molecule has 0 aliphatic carbocycles. The van der Waals surface area contributed by atoms with Gasteiger partial charge in [-0.25, -0.2) is 4.98 Å². The van der Waals surface area contributed by atoms with Crippen molar-refractivity contribution in [1.82, 2.24) is 52.5 Å². The summed E-state index contributed by atoms with van der Waals surface area (Å²) < 4.78 is 0. The predicted molar refractivity (Wildman–Crippen MR) is 216 cm³/mol. The van der Waals surface area contributed by atoms with E-state index >= 15 is 0 Å². The molecular formula is C38H63N13O6. The number of carbonyl (C=O) groups excluding carboxylic acids is 6. The Labute approximate surface area is 334 Å². The van der Waals surface area contributed by atoms with Crippen molar-refractivity contribution >= 4 is 41.4 Å². The van der Waals surface area contributed by atoms with Crippen LogP contribution in [-0.2, 0) is 41.6 Å². The SMILES string of the molecule is CNC(=O)[C@H](Cc1ccccc1)NC(=O)[C@H](Cc1c[nH]cn1)NC(=O)[C@@H](NC(=O)[C@H](CCCNC(=N)N)NC(=O)[C@H](CCCCN)NC(=O)CNC(C)C)C(C)C. The van der Waals surface area contributed by atoms with Crippen molar-refractivity contribution in [3.05, 3.63) is 54.1 Å². The summed E-state index contributed by atoms with van der Waals surface area (Å²) in [6.07, 6.45) is 5.02. The zero-order valence-corrected chi connectivity index (χ0v) is 33.7. The molecule has 0 bridgehead atoms. The number of nitrogens with zero attached hydrogens (tertiary/aromatic N) is 1. The Morgan fingerprint density at radius 1 is 0.754 bits per heavy atom. The van der Waals surface area contributed by atoms with Gasteiger partial charge in [-0.05, 0) is 50.1 Å². The second-order valence-corrected chi connectivity index (χ2v) is 14.4. The summed E-state index contributed by atoms with van der Waals surface area (Å²) >= 11 is 0. The largest absolute Gasteiger partial charge is 0.370 e. The highest BCUT2D eigenvalue weighted by molar-refractivity contribution is 5.96. The van der Waals surface area contributed by atoms with Gasteiger partial charge in [-0.1, -0.05) is 58.0 Å². The van der Waals surface area contributed by atoms with Crippen LogP contribution in [0.2, 0.25) is 0 Å². The number of likely N-dealkylation sites (N-methyl/N-ethyl adjacent to an activating group) is 1. The number of benzene rings is 1. The first-order chi connectivity index (χ1) is 27.1. The van der Waals surface area contributed by atoms with E-state index in [1.807, 2.05) is 44.2 Å². The molecule has 14 N–H and O–H groups in total. The zero-order valence-electron chi connectivity index (χ0n) is 33.7. The van der Waals surface area contributed by atoms with E-state index in [0.717, 1.165) is 5.56 Å². The van der Waals surface area contributed by atoms with E-state index in [0.29, 0.717) is 31.5 Å². The lowest BCUT2D eigenvalue weighted by Crippen LogP contribution is -2.60. The van der Waals surface area contributed by atoms with Crippen LogP contribution in [0.25, 0.3) is 0 Å². The van der Waals surface area contributed by atoms with E-state index < -0.39 is 71.6 Å². The molecule has 0 saturated carbocycles. The number of rotatable bonds is 26. The van der Waals surface area contributed by atoms with Crippen LogP contribution in [0.3, 0.4) is 0 Å². The molecule has 0 spiro atoms. The molecule has 1 aromatic carbocycles. The van der Waals surface area contributed by atoms with Crippen LogP contribution in [0.1, 0.15) is 71.1 Å². The first-order valence-electron chi connectivity index (χ1n) is 19.4. The van der Waals surface area contributed by atoms with Crippen LogP contribution in [0.4, 0.5) is 0 Å². The van der Waals surface area contributed by atoms with Gasteiger partial charge in [-0.3, -0.25) is 34.2 Å². The van der Waals surface area contributed by atoms with E-state index in [-0.39, 0.29) is 50.8 Å². The van der Waals surface area contributed by atoms with E-state index in [2.05, 4.69) is 52.5 Å². The number of aromatic nitrogens is 2. The Balaban J connectivity index is 2.32. The topological polar surface area (TPSA) is 303 Å². The summed E-state index contributed by atoms with van der Waals surface area (Å²) in [7, 11) is 1.46. The molecular weight excluding hydrogens is 735 g/mol. The minimum Gasteiger partial charge on any atom is -0.370 e. The van der Waals surface area contributed by atoms with Gasteiger partial charge in [-0.15, -0.1) is 0 Å². The van der Waals surface area contributed by atoms with Gasteiger partial charge in [0.05, 0.1) is 18.6 Å². The number of imidazole rings is 1. The molecule has 0 aliphatic rings. The van der Waals surface area contributed by atoms with Crippen molar-refractivity contribution in [2.45, 2.75) is 109 Å².